The van der Waals surface area contributed by atoms with Gasteiger partial charge >= 0.3 is 6.09 Å². The van der Waals surface area contributed by atoms with Crippen LogP contribution in [-0.2, 0) is 11.3 Å². The van der Waals surface area contributed by atoms with Crippen molar-refractivity contribution in [2.75, 3.05) is 13.2 Å². The highest BCUT2D eigenvalue weighted by Crippen LogP contribution is 2.33. The van der Waals surface area contributed by atoms with E-state index in [1.54, 1.807) is 29.3 Å². The topological polar surface area (TPSA) is 98.6 Å². The molecular formula is C26H28ClN5O4. The molecule has 0 spiro atoms. The summed E-state index contributed by atoms with van der Waals surface area (Å²) in [6.07, 6.45) is 4.49. The number of carbonyl (C=O) groups excluding carboxylic acids is 2. The number of pyridine rings is 1. The van der Waals surface area contributed by atoms with E-state index < -0.39 is 0 Å². The third-order valence-corrected chi connectivity index (χ3v) is 6.73. The van der Waals surface area contributed by atoms with E-state index in [4.69, 9.17) is 21.1 Å². The van der Waals surface area contributed by atoms with E-state index >= 15 is 0 Å². The number of ether oxygens (including phenoxy) is 2. The number of fused-ring (bicyclic) bond motifs is 1. The van der Waals surface area contributed by atoms with Gasteiger partial charge in [-0.1, -0.05) is 23.7 Å². The second kappa shape index (κ2) is 10.2. The van der Waals surface area contributed by atoms with Gasteiger partial charge in [-0.05, 0) is 37.6 Å². The van der Waals surface area contributed by atoms with E-state index in [0.717, 1.165) is 11.3 Å². The predicted molar refractivity (Wildman–Crippen MR) is 134 cm³/mol. The molecule has 1 N–H and O–H groups in total. The molecule has 2 aliphatic rings. The molecule has 4 heterocycles. The molecule has 3 aromatic rings. The lowest BCUT2D eigenvalue weighted by atomic mass is 10.0. The van der Waals surface area contributed by atoms with Gasteiger partial charge in [0, 0.05) is 55.5 Å². The SMILES string of the molecule is CC(C)n1ccc(-c2cnc(C(=O)NCc3ccc(Cl)cc3)cc2O[C@H]2CCN3C(=O)OC[C@@H]3C2)n1. The normalized spacial score (nSPS) is 19.2. The number of cyclic esters (lactones) is 1. The lowest BCUT2D eigenvalue weighted by molar-refractivity contribution is 0.0915. The highest BCUT2D eigenvalue weighted by molar-refractivity contribution is 6.30. The Morgan fingerprint density at radius 2 is 2.08 bits per heavy atom. The third-order valence-electron chi connectivity index (χ3n) is 6.47. The second-order valence-corrected chi connectivity index (χ2v) is 9.77. The summed E-state index contributed by atoms with van der Waals surface area (Å²) >= 11 is 5.94. The number of halogens is 1. The fourth-order valence-electron chi connectivity index (χ4n) is 4.44. The molecule has 0 saturated carbocycles. The average molecular weight is 510 g/mol. The molecule has 9 nitrogen and oxygen atoms in total. The van der Waals surface area contributed by atoms with Gasteiger partial charge in [-0.2, -0.15) is 5.10 Å². The van der Waals surface area contributed by atoms with E-state index in [9.17, 15) is 9.59 Å². The number of hydrogen-bond acceptors (Lipinski definition) is 6. The summed E-state index contributed by atoms with van der Waals surface area (Å²) in [5.41, 5.74) is 2.61. The molecular weight excluding hydrogens is 482 g/mol. The Bertz CT molecular complexity index is 1260. The molecule has 2 saturated heterocycles. The van der Waals surface area contributed by atoms with Crippen LogP contribution >= 0.6 is 11.6 Å². The zero-order valence-electron chi connectivity index (χ0n) is 20.2. The van der Waals surface area contributed by atoms with Gasteiger partial charge in [-0.15, -0.1) is 0 Å². The monoisotopic (exact) mass is 509 g/mol. The van der Waals surface area contributed by atoms with Gasteiger partial charge in [-0.3, -0.25) is 14.5 Å². The van der Waals surface area contributed by atoms with Gasteiger partial charge < -0.3 is 19.7 Å². The van der Waals surface area contributed by atoms with Crippen LogP contribution in [0.2, 0.25) is 5.02 Å². The Kier molecular flexibility index (Phi) is 6.82. The van der Waals surface area contributed by atoms with Gasteiger partial charge in [0.05, 0.1) is 17.3 Å². The summed E-state index contributed by atoms with van der Waals surface area (Å²) in [6.45, 7) is 5.41. The number of nitrogens with zero attached hydrogens (tertiary/aromatic N) is 4. The van der Waals surface area contributed by atoms with Crippen LogP contribution in [-0.4, -0.2) is 57.0 Å². The smallest absolute Gasteiger partial charge is 0.410 e. The van der Waals surface area contributed by atoms with E-state index in [0.29, 0.717) is 48.9 Å². The third kappa shape index (κ3) is 5.16. The van der Waals surface area contributed by atoms with Crippen molar-refractivity contribution in [3.8, 4) is 17.0 Å². The maximum atomic E-state index is 12.9. The van der Waals surface area contributed by atoms with Crippen molar-refractivity contribution in [2.24, 2.45) is 0 Å². The maximum Gasteiger partial charge on any atom is 0.410 e. The van der Waals surface area contributed by atoms with E-state index in [-0.39, 0.29) is 35.9 Å². The number of aromatic nitrogens is 3. The fourth-order valence-corrected chi connectivity index (χ4v) is 4.57. The Hall–Kier alpha value is -3.59. The molecule has 0 bridgehead atoms. The Labute approximate surface area is 214 Å². The quantitative estimate of drug-likeness (QED) is 0.504. The van der Waals surface area contributed by atoms with Crippen LogP contribution in [0.5, 0.6) is 5.75 Å². The molecule has 10 heteroatoms. The van der Waals surface area contributed by atoms with E-state index in [1.165, 1.54) is 0 Å². The minimum atomic E-state index is -0.307. The number of carbonyl (C=O) groups is 2. The molecule has 1 aromatic carbocycles. The summed E-state index contributed by atoms with van der Waals surface area (Å²) in [7, 11) is 0. The maximum absolute atomic E-state index is 12.9. The fraction of sp³-hybridized carbons (Fsp3) is 0.385. The van der Waals surface area contributed by atoms with Crippen molar-refractivity contribution in [3.63, 3.8) is 0 Å². The summed E-state index contributed by atoms with van der Waals surface area (Å²) in [4.78, 5) is 31.0. The zero-order valence-corrected chi connectivity index (χ0v) is 20.9. The van der Waals surface area contributed by atoms with Crippen LogP contribution < -0.4 is 10.1 Å². The Morgan fingerprint density at radius 1 is 1.28 bits per heavy atom. The van der Waals surface area contributed by atoms with Crippen LogP contribution in [0.4, 0.5) is 4.79 Å². The first-order chi connectivity index (χ1) is 17.4. The van der Waals surface area contributed by atoms with Crippen LogP contribution in [0.1, 0.15) is 48.8 Å². The highest BCUT2D eigenvalue weighted by atomic mass is 35.5. The first-order valence-corrected chi connectivity index (χ1v) is 12.4. The lowest BCUT2D eigenvalue weighted by Gasteiger charge is -2.32. The molecule has 2 atom stereocenters. The van der Waals surface area contributed by atoms with E-state index in [2.05, 4.69) is 29.2 Å². The van der Waals surface area contributed by atoms with Crippen molar-refractivity contribution in [3.05, 3.63) is 65.1 Å². The molecule has 0 aliphatic carbocycles. The van der Waals surface area contributed by atoms with Crippen LogP contribution in [0.15, 0.2) is 48.8 Å². The highest BCUT2D eigenvalue weighted by Gasteiger charge is 2.39. The molecule has 2 fully saturated rings. The minimum Gasteiger partial charge on any atom is -0.489 e. The zero-order chi connectivity index (χ0) is 25.2. The van der Waals surface area contributed by atoms with Crippen molar-refractivity contribution in [1.82, 2.24) is 25.0 Å². The van der Waals surface area contributed by atoms with Gasteiger partial charge in [0.2, 0.25) is 0 Å². The second-order valence-electron chi connectivity index (χ2n) is 9.34. The molecule has 2 aromatic heterocycles. The first-order valence-electron chi connectivity index (χ1n) is 12.1. The molecule has 0 radical (unpaired) electrons. The number of rotatable bonds is 7. The average Bonchev–Trinajstić information content (AvgIpc) is 3.51. The number of hydrogen-bond donors (Lipinski definition) is 1. The Balaban J connectivity index is 1.37. The number of benzene rings is 1. The van der Waals surface area contributed by atoms with E-state index in [1.807, 2.05) is 29.1 Å². The lowest BCUT2D eigenvalue weighted by Crippen LogP contribution is -2.44. The number of piperidine rings is 1. The summed E-state index contributed by atoms with van der Waals surface area (Å²) in [5, 5.41) is 8.21. The number of amides is 2. The molecule has 5 rings (SSSR count). The minimum absolute atomic E-state index is 0.00355. The van der Waals surface area contributed by atoms with Crippen molar-refractivity contribution >= 4 is 23.6 Å². The van der Waals surface area contributed by atoms with Gasteiger partial charge in [-0.25, -0.2) is 4.79 Å². The first kappa shape index (κ1) is 24.1. The van der Waals surface area contributed by atoms with Crippen molar-refractivity contribution in [2.45, 2.75) is 51.4 Å². The summed E-state index contributed by atoms with van der Waals surface area (Å²) < 4.78 is 13.5. The van der Waals surface area contributed by atoms with Crippen molar-refractivity contribution < 1.29 is 19.1 Å². The summed E-state index contributed by atoms with van der Waals surface area (Å²) in [6, 6.07) is 11.1. The molecule has 0 unspecified atom stereocenters. The van der Waals surface area contributed by atoms with Gasteiger partial charge in [0.25, 0.3) is 5.91 Å². The van der Waals surface area contributed by atoms with Crippen molar-refractivity contribution in [1.29, 1.82) is 0 Å². The number of nitrogens with one attached hydrogen (secondary N) is 1. The Morgan fingerprint density at radius 3 is 2.83 bits per heavy atom. The molecule has 2 amide bonds. The van der Waals surface area contributed by atoms with Crippen LogP contribution in [0.25, 0.3) is 11.3 Å². The standard InChI is InChI=1S/C26H28ClN5O4/c1-16(2)32-10-8-22(30-32)21-14-28-23(25(33)29-13-17-3-5-18(27)6-4-17)12-24(21)36-20-7-9-31-19(11-20)15-35-26(31)34/h3-6,8,10,12,14,16,19-20H,7,9,11,13,15H2,1-2H3,(H,29,33)/t19-,20-/m0/s1. The molecule has 2 aliphatic heterocycles. The van der Waals surface area contributed by atoms with Crippen LogP contribution in [0.3, 0.4) is 0 Å². The summed E-state index contributed by atoms with van der Waals surface area (Å²) in [5.74, 6) is 0.234. The molecule has 36 heavy (non-hydrogen) atoms. The van der Waals surface area contributed by atoms with Crippen LogP contribution in [0, 0.1) is 0 Å². The predicted octanol–water partition coefficient (Wildman–Crippen LogP) is 4.47. The van der Waals surface area contributed by atoms with Gasteiger partial charge in [0.15, 0.2) is 0 Å². The van der Waals surface area contributed by atoms with Gasteiger partial charge in [0.1, 0.15) is 24.2 Å². The molecule has 188 valence electrons. The largest absolute Gasteiger partial charge is 0.489 e.